The molecule has 0 aliphatic heterocycles. The Bertz CT molecular complexity index is 1090. The minimum Gasteiger partial charge on any atom is -0.477 e. The molecule has 1 aliphatic carbocycles. The highest BCUT2D eigenvalue weighted by Crippen LogP contribution is 2.35. The number of aromatic nitrogens is 1. The zero-order valence-electron chi connectivity index (χ0n) is 14.3. The van der Waals surface area contributed by atoms with Gasteiger partial charge in [-0.15, -0.1) is 0 Å². The number of aromatic carboxylic acids is 1. The van der Waals surface area contributed by atoms with Gasteiger partial charge in [0.05, 0.1) is 5.52 Å². The van der Waals surface area contributed by atoms with E-state index >= 15 is 0 Å². The third kappa shape index (κ3) is 2.29. The number of aryl methyl sites for hydroxylation is 4. The van der Waals surface area contributed by atoms with Gasteiger partial charge in [0.2, 0.25) is 0 Å². The number of hydrogen-bond donors (Lipinski definition) is 1. The molecule has 0 amide bonds. The predicted octanol–water partition coefficient (Wildman–Crippen LogP) is 3.70. The molecule has 126 valence electrons. The van der Waals surface area contributed by atoms with E-state index in [4.69, 9.17) is 0 Å². The zero-order chi connectivity index (χ0) is 17.7. The number of rotatable bonds is 2. The van der Waals surface area contributed by atoms with E-state index in [9.17, 15) is 14.7 Å². The highest BCUT2D eigenvalue weighted by molar-refractivity contribution is 6.07. The van der Waals surface area contributed by atoms with Crippen LogP contribution in [0.2, 0.25) is 0 Å². The summed E-state index contributed by atoms with van der Waals surface area (Å²) in [4.78, 5) is 24.8. The molecule has 0 atom stereocenters. The lowest BCUT2D eigenvalue weighted by Gasteiger charge is -2.17. The van der Waals surface area contributed by atoms with Crippen LogP contribution in [-0.2, 0) is 19.9 Å². The topological polar surface area (TPSA) is 59.3 Å². The van der Waals surface area contributed by atoms with Gasteiger partial charge in [-0.3, -0.25) is 4.79 Å². The molecule has 4 rings (SSSR count). The van der Waals surface area contributed by atoms with Crippen molar-refractivity contribution in [3.8, 4) is 11.1 Å². The molecule has 0 radical (unpaired) electrons. The van der Waals surface area contributed by atoms with Gasteiger partial charge in [-0.05, 0) is 60.6 Å². The first-order valence-electron chi connectivity index (χ1n) is 8.47. The van der Waals surface area contributed by atoms with Crippen molar-refractivity contribution in [2.75, 3.05) is 0 Å². The number of carbonyl (C=O) groups is 1. The minimum atomic E-state index is -1.18. The molecule has 0 unspecified atom stereocenters. The Balaban J connectivity index is 2.24. The Labute approximate surface area is 145 Å². The van der Waals surface area contributed by atoms with Crippen molar-refractivity contribution in [2.24, 2.45) is 7.05 Å². The van der Waals surface area contributed by atoms with Crippen LogP contribution in [-0.4, -0.2) is 15.6 Å². The van der Waals surface area contributed by atoms with Crippen LogP contribution in [0.4, 0.5) is 0 Å². The Morgan fingerprint density at radius 3 is 2.48 bits per heavy atom. The second-order valence-corrected chi connectivity index (χ2v) is 6.73. The third-order valence-electron chi connectivity index (χ3n) is 5.24. The fourth-order valence-corrected chi connectivity index (χ4v) is 3.94. The first kappa shape index (κ1) is 15.6. The molecule has 2 aromatic carbocycles. The molecular weight excluding hydrogens is 314 g/mol. The quantitative estimate of drug-likeness (QED) is 0.778. The van der Waals surface area contributed by atoms with E-state index in [1.807, 2.05) is 31.2 Å². The highest BCUT2D eigenvalue weighted by atomic mass is 16.4. The van der Waals surface area contributed by atoms with Crippen LogP contribution in [0, 0.1) is 6.92 Å². The summed E-state index contributed by atoms with van der Waals surface area (Å²) in [6.07, 6.45) is 3.12. The van der Waals surface area contributed by atoms with Gasteiger partial charge in [-0.1, -0.05) is 24.3 Å². The summed E-state index contributed by atoms with van der Waals surface area (Å²) in [6, 6.07) is 11.8. The number of fused-ring (bicyclic) bond motifs is 2. The second-order valence-electron chi connectivity index (χ2n) is 6.73. The maximum atomic E-state index is 12.8. The molecule has 25 heavy (non-hydrogen) atoms. The summed E-state index contributed by atoms with van der Waals surface area (Å²) in [5.74, 6) is -1.18. The smallest absolute Gasteiger partial charge is 0.342 e. The van der Waals surface area contributed by atoms with Gasteiger partial charge in [0.25, 0.3) is 5.56 Å². The van der Waals surface area contributed by atoms with Crippen molar-refractivity contribution < 1.29 is 9.90 Å². The number of carboxylic acid groups (broad SMARTS) is 1. The molecule has 3 aromatic rings. The summed E-state index contributed by atoms with van der Waals surface area (Å²) in [6.45, 7) is 1.94. The summed E-state index contributed by atoms with van der Waals surface area (Å²) in [7, 11) is 1.65. The van der Waals surface area contributed by atoms with Gasteiger partial charge in [-0.2, -0.15) is 0 Å². The predicted molar refractivity (Wildman–Crippen MR) is 98.3 cm³/mol. The van der Waals surface area contributed by atoms with Crippen molar-refractivity contribution in [3.05, 3.63) is 69.0 Å². The number of pyridine rings is 1. The van der Waals surface area contributed by atoms with Crippen LogP contribution in [0.25, 0.3) is 22.0 Å². The Morgan fingerprint density at radius 2 is 1.80 bits per heavy atom. The normalized spacial score (nSPS) is 13.2. The lowest BCUT2D eigenvalue weighted by Crippen LogP contribution is -2.26. The number of benzene rings is 2. The Hall–Kier alpha value is -2.88. The molecule has 4 nitrogen and oxygen atoms in total. The van der Waals surface area contributed by atoms with E-state index in [0.717, 1.165) is 41.3 Å². The molecule has 0 saturated heterocycles. The molecule has 1 aliphatic rings. The summed E-state index contributed by atoms with van der Waals surface area (Å²) in [5, 5.41) is 10.6. The van der Waals surface area contributed by atoms with Gasteiger partial charge in [0.15, 0.2) is 0 Å². The van der Waals surface area contributed by atoms with E-state index in [-0.39, 0.29) is 5.56 Å². The third-order valence-corrected chi connectivity index (χ3v) is 5.24. The first-order chi connectivity index (χ1) is 12.0. The average Bonchev–Trinajstić information content (AvgIpc) is 3.04. The summed E-state index contributed by atoms with van der Waals surface area (Å²) in [5.41, 5.74) is 5.02. The Morgan fingerprint density at radius 1 is 1.12 bits per heavy atom. The van der Waals surface area contributed by atoms with Gasteiger partial charge in [0, 0.05) is 18.0 Å². The van der Waals surface area contributed by atoms with Crippen molar-refractivity contribution in [1.82, 2.24) is 4.57 Å². The second kappa shape index (κ2) is 5.59. The van der Waals surface area contributed by atoms with Crippen molar-refractivity contribution in [1.29, 1.82) is 0 Å². The van der Waals surface area contributed by atoms with Crippen molar-refractivity contribution in [2.45, 2.75) is 26.2 Å². The van der Waals surface area contributed by atoms with E-state index in [1.165, 1.54) is 15.7 Å². The molecule has 0 bridgehead atoms. The van der Waals surface area contributed by atoms with Crippen LogP contribution < -0.4 is 5.56 Å². The fraction of sp³-hybridized carbons (Fsp3) is 0.238. The Kier molecular flexibility index (Phi) is 3.49. The van der Waals surface area contributed by atoms with Gasteiger partial charge in [-0.25, -0.2) is 4.79 Å². The molecular formula is C21H19NO3. The fourth-order valence-electron chi connectivity index (χ4n) is 3.94. The van der Waals surface area contributed by atoms with E-state index in [1.54, 1.807) is 7.05 Å². The molecule has 1 aromatic heterocycles. The lowest BCUT2D eigenvalue weighted by molar-refractivity contribution is 0.0695. The van der Waals surface area contributed by atoms with Gasteiger partial charge < -0.3 is 9.67 Å². The number of hydrogen-bond acceptors (Lipinski definition) is 2. The van der Waals surface area contributed by atoms with Crippen LogP contribution in [0.15, 0.2) is 41.2 Å². The molecule has 1 heterocycles. The molecule has 0 spiro atoms. The van der Waals surface area contributed by atoms with E-state index in [0.29, 0.717) is 5.56 Å². The largest absolute Gasteiger partial charge is 0.477 e. The van der Waals surface area contributed by atoms with Crippen molar-refractivity contribution >= 4 is 16.9 Å². The SMILES string of the molecule is Cc1ccccc1-c1c(C(=O)O)c(=O)n(C)c2cc3c(cc12)CCC3. The summed E-state index contributed by atoms with van der Waals surface area (Å²) < 4.78 is 1.47. The minimum absolute atomic E-state index is 0.151. The maximum absolute atomic E-state index is 12.8. The first-order valence-corrected chi connectivity index (χ1v) is 8.47. The summed E-state index contributed by atoms with van der Waals surface area (Å²) >= 11 is 0. The molecule has 1 N–H and O–H groups in total. The van der Waals surface area contributed by atoms with Crippen LogP contribution in [0.1, 0.15) is 33.5 Å². The zero-order valence-corrected chi connectivity index (χ0v) is 14.3. The van der Waals surface area contributed by atoms with Crippen LogP contribution in [0.3, 0.4) is 0 Å². The number of nitrogens with zero attached hydrogens (tertiary/aromatic N) is 1. The standard InChI is InChI=1S/C21H19NO3/c1-12-6-3-4-9-15(12)18-16-10-13-7-5-8-14(13)11-17(16)22(2)20(23)19(18)21(24)25/h3-4,6,9-11H,5,7-8H2,1-2H3,(H,24,25). The highest BCUT2D eigenvalue weighted by Gasteiger charge is 2.24. The lowest BCUT2D eigenvalue weighted by atomic mass is 9.91. The van der Waals surface area contributed by atoms with E-state index < -0.39 is 11.5 Å². The molecule has 0 saturated carbocycles. The average molecular weight is 333 g/mol. The van der Waals surface area contributed by atoms with Crippen molar-refractivity contribution in [3.63, 3.8) is 0 Å². The monoisotopic (exact) mass is 333 g/mol. The maximum Gasteiger partial charge on any atom is 0.342 e. The van der Waals surface area contributed by atoms with Gasteiger partial charge in [0.1, 0.15) is 5.56 Å². The molecule has 0 fully saturated rings. The van der Waals surface area contributed by atoms with Crippen LogP contribution in [0.5, 0.6) is 0 Å². The molecule has 4 heteroatoms. The van der Waals surface area contributed by atoms with E-state index in [2.05, 4.69) is 12.1 Å². The number of carboxylic acids is 1. The van der Waals surface area contributed by atoms with Crippen LogP contribution >= 0.6 is 0 Å². The van der Waals surface area contributed by atoms with Gasteiger partial charge >= 0.3 is 5.97 Å².